The van der Waals surface area contributed by atoms with Crippen LogP contribution in [0.25, 0.3) is 0 Å². The normalized spacial score (nSPS) is 10.1. The molecular weight excluding hydrogens is 371 g/mol. The lowest BCUT2D eigenvalue weighted by molar-refractivity contribution is -0.119. The maximum absolute atomic E-state index is 10.9. The number of thiophene rings is 1. The molecule has 1 heterocycles. The number of hydrogen-bond donors (Lipinski definition) is 2. The van der Waals surface area contributed by atoms with Crippen LogP contribution in [0.2, 0.25) is 5.02 Å². The minimum Gasteiger partial charge on any atom is -1.00 e. The van der Waals surface area contributed by atoms with Gasteiger partial charge >= 0.3 is 0 Å². The first-order valence-corrected chi connectivity index (χ1v) is 8.45. The van der Waals surface area contributed by atoms with Crippen LogP contribution < -0.4 is 32.9 Å². The Labute approximate surface area is 156 Å². The number of benzene rings is 1. The summed E-state index contributed by atoms with van der Waals surface area (Å²) in [6.45, 7) is 3.53. The van der Waals surface area contributed by atoms with Gasteiger partial charge in [0.25, 0.3) is 5.91 Å². The van der Waals surface area contributed by atoms with Crippen LogP contribution in [-0.4, -0.2) is 19.1 Å². The fourth-order valence-corrected chi connectivity index (χ4v) is 2.98. The number of hydrogen-bond acceptors (Lipinski definition) is 5. The van der Waals surface area contributed by atoms with Gasteiger partial charge in [-0.25, -0.2) is 0 Å². The molecule has 132 valence electrons. The summed E-state index contributed by atoms with van der Waals surface area (Å²) in [7, 11) is 0. The number of amides is 1. The predicted octanol–water partition coefficient (Wildman–Crippen LogP) is -0.0419. The van der Waals surface area contributed by atoms with Crippen LogP contribution in [0.3, 0.4) is 0 Å². The SMILES string of the molecule is CCOc1cc(CNCc2cccs2)cc(Cl)c1OCC(N)=O.[Cl-]. The third-order valence-corrected chi connectivity index (χ3v) is 4.09. The van der Waals surface area contributed by atoms with E-state index in [-0.39, 0.29) is 19.0 Å². The number of nitrogens with two attached hydrogens (primary N) is 1. The van der Waals surface area contributed by atoms with E-state index in [9.17, 15) is 4.79 Å². The van der Waals surface area contributed by atoms with Gasteiger partial charge in [0.15, 0.2) is 18.1 Å². The van der Waals surface area contributed by atoms with Crippen LogP contribution in [0.5, 0.6) is 11.5 Å². The molecule has 0 aliphatic heterocycles. The second kappa shape index (κ2) is 10.4. The number of rotatable bonds is 9. The van der Waals surface area contributed by atoms with Crippen LogP contribution >= 0.6 is 22.9 Å². The molecular formula is C16H19Cl2N2O3S-. The lowest BCUT2D eigenvalue weighted by atomic mass is 10.2. The molecule has 8 heteroatoms. The molecule has 3 N–H and O–H groups in total. The Hall–Kier alpha value is -1.47. The molecule has 0 bridgehead atoms. The smallest absolute Gasteiger partial charge is 0.255 e. The summed E-state index contributed by atoms with van der Waals surface area (Å²) in [5, 5.41) is 5.79. The van der Waals surface area contributed by atoms with Gasteiger partial charge in [0.05, 0.1) is 11.6 Å². The van der Waals surface area contributed by atoms with Crippen molar-refractivity contribution < 1.29 is 26.7 Å². The fraction of sp³-hybridized carbons (Fsp3) is 0.312. The summed E-state index contributed by atoms with van der Waals surface area (Å²) in [5.74, 6) is 0.286. The third kappa shape index (κ3) is 6.20. The van der Waals surface area contributed by atoms with E-state index in [0.29, 0.717) is 29.7 Å². The molecule has 0 unspecified atom stereocenters. The molecule has 1 aromatic carbocycles. The molecule has 0 saturated heterocycles. The molecule has 0 radical (unpaired) electrons. The van der Waals surface area contributed by atoms with E-state index in [2.05, 4.69) is 11.4 Å². The Morgan fingerprint density at radius 2 is 2.12 bits per heavy atom. The van der Waals surface area contributed by atoms with Crippen molar-refractivity contribution in [3.63, 3.8) is 0 Å². The maximum Gasteiger partial charge on any atom is 0.255 e. The second-order valence-corrected chi connectivity index (χ2v) is 6.22. The number of carbonyl (C=O) groups is 1. The zero-order valence-corrected chi connectivity index (χ0v) is 15.5. The number of ether oxygens (including phenoxy) is 2. The summed E-state index contributed by atoms with van der Waals surface area (Å²) < 4.78 is 10.9. The van der Waals surface area contributed by atoms with Gasteiger partial charge in [0, 0.05) is 18.0 Å². The lowest BCUT2D eigenvalue weighted by Crippen LogP contribution is -3.00. The Bertz CT molecular complexity index is 651. The molecule has 1 amide bonds. The first kappa shape index (κ1) is 20.6. The molecule has 5 nitrogen and oxygen atoms in total. The standard InChI is InChI=1S/C16H19ClN2O3S.ClH/c1-2-21-14-7-11(8-19-9-12-4-3-5-23-12)6-13(17)16(14)22-10-15(18)20;/h3-7,19H,2,8-10H2,1H3,(H2,18,20);1H/p-1. The number of primary amides is 1. The van der Waals surface area contributed by atoms with E-state index >= 15 is 0 Å². The molecule has 0 spiro atoms. The summed E-state index contributed by atoms with van der Waals surface area (Å²) in [6, 6.07) is 7.75. The maximum atomic E-state index is 10.9. The number of carbonyl (C=O) groups excluding carboxylic acids is 1. The van der Waals surface area contributed by atoms with E-state index < -0.39 is 5.91 Å². The molecule has 0 fully saturated rings. The monoisotopic (exact) mass is 389 g/mol. The number of halogens is 2. The highest BCUT2D eigenvalue weighted by molar-refractivity contribution is 7.09. The number of nitrogens with one attached hydrogen (secondary N) is 1. The van der Waals surface area contributed by atoms with Crippen LogP contribution in [0.1, 0.15) is 17.4 Å². The quantitative estimate of drug-likeness (QED) is 0.630. The minimum atomic E-state index is -0.565. The van der Waals surface area contributed by atoms with Gasteiger partial charge in [-0.2, -0.15) is 0 Å². The molecule has 2 rings (SSSR count). The largest absolute Gasteiger partial charge is 1.00 e. The van der Waals surface area contributed by atoms with Crippen LogP contribution in [0.15, 0.2) is 29.6 Å². The topological polar surface area (TPSA) is 73.6 Å². The van der Waals surface area contributed by atoms with Gasteiger partial charge in [0.1, 0.15) is 0 Å². The van der Waals surface area contributed by atoms with Crippen molar-refractivity contribution in [2.45, 2.75) is 20.0 Å². The predicted molar refractivity (Wildman–Crippen MR) is 92.2 cm³/mol. The van der Waals surface area contributed by atoms with Gasteiger partial charge in [0.2, 0.25) is 0 Å². The van der Waals surface area contributed by atoms with E-state index in [1.807, 2.05) is 24.4 Å². The van der Waals surface area contributed by atoms with Crippen molar-refractivity contribution in [2.24, 2.45) is 5.73 Å². The highest BCUT2D eigenvalue weighted by Crippen LogP contribution is 2.36. The lowest BCUT2D eigenvalue weighted by Gasteiger charge is -2.14. The second-order valence-electron chi connectivity index (χ2n) is 4.78. The molecule has 24 heavy (non-hydrogen) atoms. The average Bonchev–Trinajstić information content (AvgIpc) is 3.00. The zero-order chi connectivity index (χ0) is 16.7. The fourth-order valence-electron chi connectivity index (χ4n) is 2.01. The van der Waals surface area contributed by atoms with Gasteiger partial charge in [-0.15, -0.1) is 11.3 Å². The Kier molecular flexibility index (Phi) is 8.92. The molecule has 1 aromatic heterocycles. The zero-order valence-electron chi connectivity index (χ0n) is 13.2. The summed E-state index contributed by atoms with van der Waals surface area (Å²) in [4.78, 5) is 12.1. The van der Waals surface area contributed by atoms with Crippen molar-refractivity contribution in [1.29, 1.82) is 0 Å². The molecule has 0 aliphatic rings. The van der Waals surface area contributed by atoms with Crippen molar-refractivity contribution >= 4 is 28.8 Å². The first-order valence-electron chi connectivity index (χ1n) is 7.19. The van der Waals surface area contributed by atoms with Crippen molar-refractivity contribution in [1.82, 2.24) is 5.32 Å². The van der Waals surface area contributed by atoms with E-state index in [1.165, 1.54) is 4.88 Å². The molecule has 0 saturated carbocycles. The minimum absolute atomic E-state index is 0. The Morgan fingerprint density at radius 3 is 2.75 bits per heavy atom. The van der Waals surface area contributed by atoms with E-state index in [4.69, 9.17) is 26.8 Å². The molecule has 0 atom stereocenters. The highest BCUT2D eigenvalue weighted by atomic mass is 35.5. The Morgan fingerprint density at radius 1 is 1.33 bits per heavy atom. The highest BCUT2D eigenvalue weighted by Gasteiger charge is 2.13. The first-order chi connectivity index (χ1) is 11.1. The molecule has 0 aliphatic carbocycles. The third-order valence-electron chi connectivity index (χ3n) is 2.94. The van der Waals surface area contributed by atoms with Gasteiger partial charge < -0.3 is 32.9 Å². The van der Waals surface area contributed by atoms with Gasteiger partial charge in [-0.1, -0.05) is 17.7 Å². The van der Waals surface area contributed by atoms with Crippen LogP contribution in [0, 0.1) is 0 Å². The van der Waals surface area contributed by atoms with E-state index in [0.717, 1.165) is 12.1 Å². The van der Waals surface area contributed by atoms with Crippen LogP contribution in [0.4, 0.5) is 0 Å². The van der Waals surface area contributed by atoms with Crippen molar-refractivity contribution in [2.75, 3.05) is 13.2 Å². The Balaban J connectivity index is 0.00000288. The average molecular weight is 390 g/mol. The summed E-state index contributed by atoms with van der Waals surface area (Å²) >= 11 is 7.96. The van der Waals surface area contributed by atoms with Gasteiger partial charge in [-0.3, -0.25) is 4.79 Å². The summed E-state index contributed by atoms with van der Waals surface area (Å²) in [6.07, 6.45) is 0. The molecule has 2 aromatic rings. The summed E-state index contributed by atoms with van der Waals surface area (Å²) in [5.41, 5.74) is 6.07. The van der Waals surface area contributed by atoms with Crippen LogP contribution in [-0.2, 0) is 17.9 Å². The van der Waals surface area contributed by atoms with Crippen molar-refractivity contribution in [3.8, 4) is 11.5 Å². The van der Waals surface area contributed by atoms with Crippen molar-refractivity contribution in [3.05, 3.63) is 45.1 Å². The van der Waals surface area contributed by atoms with Gasteiger partial charge in [-0.05, 0) is 36.1 Å². The van der Waals surface area contributed by atoms with E-state index in [1.54, 1.807) is 17.4 Å².